The van der Waals surface area contributed by atoms with E-state index < -0.39 is 29.6 Å². The predicted molar refractivity (Wildman–Crippen MR) is 137 cm³/mol. The van der Waals surface area contributed by atoms with Gasteiger partial charge < -0.3 is 29.2 Å². The summed E-state index contributed by atoms with van der Waals surface area (Å²) in [7, 11) is 0. The summed E-state index contributed by atoms with van der Waals surface area (Å²) in [5, 5.41) is 6.87. The highest BCUT2D eigenvalue weighted by molar-refractivity contribution is 5.96. The summed E-state index contributed by atoms with van der Waals surface area (Å²) in [5.74, 6) is 0.0793. The molecule has 0 unspecified atom stereocenters. The van der Waals surface area contributed by atoms with Crippen LogP contribution in [0.25, 0.3) is 5.65 Å². The van der Waals surface area contributed by atoms with Gasteiger partial charge in [-0.05, 0) is 53.7 Å². The van der Waals surface area contributed by atoms with Crippen molar-refractivity contribution in [3.8, 4) is 11.5 Å². The highest BCUT2D eigenvalue weighted by atomic mass is 19.1. The van der Waals surface area contributed by atoms with Gasteiger partial charge in [-0.15, -0.1) is 0 Å². The SMILES string of the molecule is CCOC(=O)c1cnn2cc3c(nc12)N(c1ccc(F)cc1O[C@@H](C)CNC(=O)OC(C)(C)C)[C@H](C)CO3. The minimum absolute atomic E-state index is 0.137. The van der Waals surface area contributed by atoms with Crippen molar-refractivity contribution in [1.29, 1.82) is 0 Å². The average Bonchev–Trinajstić information content (AvgIpc) is 3.24. The van der Waals surface area contributed by atoms with Crippen molar-refractivity contribution < 1.29 is 32.9 Å². The molecule has 11 nitrogen and oxygen atoms in total. The number of fused-ring (bicyclic) bond motifs is 2. The Kier molecular flexibility index (Phi) is 7.61. The monoisotopic (exact) mass is 529 g/mol. The summed E-state index contributed by atoms with van der Waals surface area (Å²) in [5.41, 5.74) is 0.418. The fraction of sp³-hybridized carbons (Fsp3) is 0.462. The van der Waals surface area contributed by atoms with Crippen LogP contribution in [0.4, 0.5) is 20.7 Å². The van der Waals surface area contributed by atoms with Gasteiger partial charge in [-0.2, -0.15) is 5.10 Å². The molecule has 2 atom stereocenters. The van der Waals surface area contributed by atoms with Crippen molar-refractivity contribution in [3.05, 3.63) is 42.0 Å². The first-order valence-corrected chi connectivity index (χ1v) is 12.4. The molecule has 3 heterocycles. The lowest BCUT2D eigenvalue weighted by Gasteiger charge is -2.36. The summed E-state index contributed by atoms with van der Waals surface area (Å²) in [4.78, 5) is 31.1. The summed E-state index contributed by atoms with van der Waals surface area (Å²) >= 11 is 0. The molecule has 1 N–H and O–H groups in total. The lowest BCUT2D eigenvalue weighted by Crippen LogP contribution is -2.39. The molecule has 1 amide bonds. The van der Waals surface area contributed by atoms with E-state index in [1.807, 2.05) is 11.8 Å². The third kappa shape index (κ3) is 5.90. The molecule has 0 bridgehead atoms. The van der Waals surface area contributed by atoms with E-state index in [0.717, 1.165) is 0 Å². The second-order valence-electron chi connectivity index (χ2n) is 9.93. The van der Waals surface area contributed by atoms with Gasteiger partial charge in [0, 0.05) is 6.07 Å². The molecule has 38 heavy (non-hydrogen) atoms. The number of ether oxygens (including phenoxy) is 4. The zero-order valence-corrected chi connectivity index (χ0v) is 22.3. The number of alkyl carbamates (subject to hydrolysis) is 1. The predicted octanol–water partition coefficient (Wildman–Crippen LogP) is 4.26. The van der Waals surface area contributed by atoms with E-state index >= 15 is 0 Å². The molecule has 3 aromatic rings. The van der Waals surface area contributed by atoms with Crippen molar-refractivity contribution in [3.63, 3.8) is 0 Å². The van der Waals surface area contributed by atoms with E-state index in [2.05, 4.69) is 10.4 Å². The van der Waals surface area contributed by atoms with Crippen LogP contribution in [-0.4, -0.2) is 64.2 Å². The van der Waals surface area contributed by atoms with E-state index in [0.29, 0.717) is 29.5 Å². The van der Waals surface area contributed by atoms with Crippen LogP contribution in [0.5, 0.6) is 11.5 Å². The molecule has 1 aromatic carbocycles. The van der Waals surface area contributed by atoms with Gasteiger partial charge in [-0.3, -0.25) is 0 Å². The third-order valence-electron chi connectivity index (χ3n) is 5.53. The van der Waals surface area contributed by atoms with Gasteiger partial charge in [0.2, 0.25) is 0 Å². The summed E-state index contributed by atoms with van der Waals surface area (Å²) < 4.78 is 38.2. The summed E-state index contributed by atoms with van der Waals surface area (Å²) in [6.07, 6.45) is 1.94. The maximum atomic E-state index is 14.3. The molecular formula is C26H32FN5O6. The standard InChI is InChI=1S/C26H32FN5O6/c1-7-35-24(33)18-12-29-31-13-21-23(30-22(18)31)32(15(2)14-36-21)19-9-8-17(27)10-20(19)37-16(3)11-28-25(34)38-26(4,5)6/h8-10,12-13,15-16H,7,11,14H2,1-6H3,(H,28,34)/t15-,16+/m1/s1. The highest BCUT2D eigenvalue weighted by Gasteiger charge is 2.32. The average molecular weight is 530 g/mol. The van der Waals surface area contributed by atoms with Crippen LogP contribution in [0.1, 0.15) is 51.9 Å². The quantitative estimate of drug-likeness (QED) is 0.448. The van der Waals surface area contributed by atoms with Crippen LogP contribution in [0, 0.1) is 5.82 Å². The molecule has 1 aliphatic rings. The number of hydrogen-bond acceptors (Lipinski definition) is 9. The number of nitrogens with one attached hydrogen (secondary N) is 1. The summed E-state index contributed by atoms with van der Waals surface area (Å²) in [6.45, 7) is 11.4. The fourth-order valence-corrected chi connectivity index (χ4v) is 3.94. The van der Waals surface area contributed by atoms with E-state index in [1.165, 1.54) is 22.8 Å². The first kappa shape index (κ1) is 27.0. The molecular weight excluding hydrogens is 497 g/mol. The smallest absolute Gasteiger partial charge is 0.407 e. The largest absolute Gasteiger partial charge is 0.487 e. The van der Waals surface area contributed by atoms with Gasteiger partial charge in [-0.25, -0.2) is 23.5 Å². The van der Waals surface area contributed by atoms with E-state index in [1.54, 1.807) is 46.9 Å². The van der Waals surface area contributed by atoms with Gasteiger partial charge >= 0.3 is 12.1 Å². The maximum absolute atomic E-state index is 14.3. The van der Waals surface area contributed by atoms with E-state index in [9.17, 15) is 14.0 Å². The number of benzene rings is 1. The van der Waals surface area contributed by atoms with Gasteiger partial charge in [0.05, 0.1) is 37.3 Å². The van der Waals surface area contributed by atoms with Crippen LogP contribution < -0.4 is 19.7 Å². The van der Waals surface area contributed by atoms with Crippen molar-refractivity contribution in [1.82, 2.24) is 19.9 Å². The normalized spacial score (nSPS) is 15.9. The van der Waals surface area contributed by atoms with Crippen molar-refractivity contribution in [2.45, 2.75) is 59.3 Å². The number of nitrogens with zero attached hydrogens (tertiary/aromatic N) is 4. The molecule has 2 aromatic heterocycles. The van der Waals surface area contributed by atoms with Crippen molar-refractivity contribution >= 4 is 29.2 Å². The van der Waals surface area contributed by atoms with Crippen LogP contribution in [0.2, 0.25) is 0 Å². The molecule has 0 saturated heterocycles. The molecule has 0 fully saturated rings. The minimum Gasteiger partial charge on any atom is -0.487 e. The van der Waals surface area contributed by atoms with Gasteiger partial charge in [0.1, 0.15) is 35.4 Å². The molecule has 0 aliphatic carbocycles. The van der Waals surface area contributed by atoms with Crippen molar-refractivity contribution in [2.75, 3.05) is 24.7 Å². The number of hydrogen-bond donors (Lipinski definition) is 1. The Morgan fingerprint density at radius 3 is 2.79 bits per heavy atom. The number of amides is 1. The fourth-order valence-electron chi connectivity index (χ4n) is 3.94. The molecule has 0 saturated carbocycles. The Bertz CT molecular complexity index is 1340. The number of rotatable bonds is 7. The number of anilines is 2. The lowest BCUT2D eigenvalue weighted by molar-refractivity contribution is 0.0501. The zero-order chi connectivity index (χ0) is 27.6. The number of carbonyl (C=O) groups is 2. The Balaban J connectivity index is 1.66. The van der Waals surface area contributed by atoms with E-state index in [-0.39, 0.29) is 30.5 Å². The number of aromatic nitrogens is 3. The molecule has 0 spiro atoms. The Labute approximate surface area is 219 Å². The minimum atomic E-state index is -0.634. The molecule has 12 heteroatoms. The maximum Gasteiger partial charge on any atom is 0.407 e. The molecule has 1 aliphatic heterocycles. The van der Waals surface area contributed by atoms with Gasteiger partial charge in [-0.1, -0.05) is 0 Å². The van der Waals surface area contributed by atoms with Gasteiger partial charge in [0.25, 0.3) is 0 Å². The Morgan fingerprint density at radius 2 is 2.08 bits per heavy atom. The number of halogens is 1. The van der Waals surface area contributed by atoms with Gasteiger partial charge in [0.15, 0.2) is 17.2 Å². The molecule has 0 radical (unpaired) electrons. The first-order valence-electron chi connectivity index (χ1n) is 12.4. The molecule has 204 valence electrons. The van der Waals surface area contributed by atoms with Crippen LogP contribution >= 0.6 is 0 Å². The second kappa shape index (κ2) is 10.7. The van der Waals surface area contributed by atoms with E-state index in [4.69, 9.17) is 23.9 Å². The third-order valence-corrected chi connectivity index (χ3v) is 5.53. The number of carbonyl (C=O) groups excluding carboxylic acids is 2. The Morgan fingerprint density at radius 1 is 1.32 bits per heavy atom. The number of esters is 1. The first-order chi connectivity index (χ1) is 18.0. The Hall–Kier alpha value is -4.09. The summed E-state index contributed by atoms with van der Waals surface area (Å²) in [6, 6.07) is 3.99. The lowest BCUT2D eigenvalue weighted by atomic mass is 10.1. The second-order valence-corrected chi connectivity index (χ2v) is 9.93. The zero-order valence-electron chi connectivity index (χ0n) is 22.3. The van der Waals surface area contributed by atoms with Crippen LogP contribution in [0.3, 0.4) is 0 Å². The van der Waals surface area contributed by atoms with Crippen LogP contribution in [-0.2, 0) is 9.47 Å². The topological polar surface area (TPSA) is 117 Å². The molecule has 4 rings (SSSR count). The van der Waals surface area contributed by atoms with Crippen molar-refractivity contribution in [2.24, 2.45) is 0 Å². The highest BCUT2D eigenvalue weighted by Crippen LogP contribution is 2.42. The van der Waals surface area contributed by atoms with Crippen LogP contribution in [0.15, 0.2) is 30.6 Å².